The Hall–Kier alpha value is -1.71. The standard InChI is InChI=1S/C13H14FN3/c1-9-5-6-17-12(7-9)15-16-13(17)10-3-2-4-11(14)8-10/h2-4,8-9H,5-7H2,1H3. The first kappa shape index (κ1) is 10.4. The third kappa shape index (κ3) is 1.84. The fourth-order valence-electron chi connectivity index (χ4n) is 2.33. The molecule has 0 radical (unpaired) electrons. The van der Waals surface area contributed by atoms with Gasteiger partial charge in [-0.3, -0.25) is 0 Å². The van der Waals surface area contributed by atoms with Crippen LogP contribution in [0.15, 0.2) is 24.3 Å². The third-order valence-corrected chi connectivity index (χ3v) is 3.29. The fraction of sp³-hybridized carbons (Fsp3) is 0.385. The van der Waals surface area contributed by atoms with Crippen molar-refractivity contribution in [3.05, 3.63) is 35.9 Å². The van der Waals surface area contributed by atoms with Gasteiger partial charge in [-0.05, 0) is 24.5 Å². The van der Waals surface area contributed by atoms with Crippen molar-refractivity contribution in [1.82, 2.24) is 14.8 Å². The molecule has 0 spiro atoms. The van der Waals surface area contributed by atoms with E-state index >= 15 is 0 Å². The number of hydrogen-bond acceptors (Lipinski definition) is 2. The molecule has 0 saturated carbocycles. The van der Waals surface area contributed by atoms with E-state index in [-0.39, 0.29) is 5.82 Å². The van der Waals surface area contributed by atoms with E-state index in [0.717, 1.165) is 36.6 Å². The number of benzene rings is 1. The lowest BCUT2D eigenvalue weighted by Crippen LogP contribution is -2.17. The first-order valence-corrected chi connectivity index (χ1v) is 5.92. The Morgan fingerprint density at radius 1 is 1.35 bits per heavy atom. The van der Waals surface area contributed by atoms with Crippen molar-refractivity contribution in [2.24, 2.45) is 5.92 Å². The van der Waals surface area contributed by atoms with Gasteiger partial charge in [-0.2, -0.15) is 0 Å². The van der Waals surface area contributed by atoms with Crippen molar-refractivity contribution in [2.45, 2.75) is 26.3 Å². The van der Waals surface area contributed by atoms with Crippen LogP contribution in [0.3, 0.4) is 0 Å². The van der Waals surface area contributed by atoms with Gasteiger partial charge in [0.1, 0.15) is 11.6 Å². The molecule has 0 amide bonds. The van der Waals surface area contributed by atoms with Crippen LogP contribution in [0.2, 0.25) is 0 Å². The minimum atomic E-state index is -0.232. The van der Waals surface area contributed by atoms with Gasteiger partial charge in [0.15, 0.2) is 5.82 Å². The predicted octanol–water partition coefficient (Wildman–Crippen LogP) is 2.67. The molecular formula is C13H14FN3. The number of hydrogen-bond donors (Lipinski definition) is 0. The molecule has 88 valence electrons. The minimum Gasteiger partial charge on any atom is -0.311 e. The highest BCUT2D eigenvalue weighted by molar-refractivity contribution is 5.55. The normalized spacial score (nSPS) is 19.1. The quantitative estimate of drug-likeness (QED) is 0.755. The zero-order valence-electron chi connectivity index (χ0n) is 9.73. The molecule has 0 aliphatic carbocycles. The van der Waals surface area contributed by atoms with E-state index in [0.29, 0.717) is 5.92 Å². The van der Waals surface area contributed by atoms with E-state index in [1.807, 2.05) is 6.07 Å². The van der Waals surface area contributed by atoms with Crippen LogP contribution in [0.1, 0.15) is 19.2 Å². The van der Waals surface area contributed by atoms with Gasteiger partial charge in [0.05, 0.1) is 0 Å². The molecule has 1 aliphatic rings. The number of fused-ring (bicyclic) bond motifs is 1. The third-order valence-electron chi connectivity index (χ3n) is 3.29. The molecule has 3 nitrogen and oxygen atoms in total. The van der Waals surface area contributed by atoms with Crippen LogP contribution in [0.4, 0.5) is 4.39 Å². The van der Waals surface area contributed by atoms with Crippen molar-refractivity contribution in [3.63, 3.8) is 0 Å². The molecule has 0 fully saturated rings. The van der Waals surface area contributed by atoms with E-state index in [4.69, 9.17) is 0 Å². The molecule has 2 heterocycles. The topological polar surface area (TPSA) is 30.7 Å². The summed E-state index contributed by atoms with van der Waals surface area (Å²) in [6.45, 7) is 3.15. The van der Waals surface area contributed by atoms with E-state index < -0.39 is 0 Å². The molecule has 3 rings (SSSR count). The number of nitrogens with zero attached hydrogens (tertiary/aromatic N) is 3. The first-order valence-electron chi connectivity index (χ1n) is 5.92. The molecule has 1 aliphatic heterocycles. The molecule has 1 aromatic heterocycles. The second-order valence-electron chi connectivity index (χ2n) is 4.70. The van der Waals surface area contributed by atoms with E-state index in [9.17, 15) is 4.39 Å². The van der Waals surface area contributed by atoms with Gasteiger partial charge in [-0.15, -0.1) is 10.2 Å². The lowest BCUT2D eigenvalue weighted by atomic mass is 10.00. The molecule has 4 heteroatoms. The Morgan fingerprint density at radius 3 is 3.06 bits per heavy atom. The smallest absolute Gasteiger partial charge is 0.164 e. The van der Waals surface area contributed by atoms with Crippen molar-refractivity contribution in [3.8, 4) is 11.4 Å². The zero-order chi connectivity index (χ0) is 11.8. The fourth-order valence-corrected chi connectivity index (χ4v) is 2.33. The number of halogens is 1. The van der Waals surface area contributed by atoms with Crippen LogP contribution in [-0.4, -0.2) is 14.8 Å². The molecule has 0 N–H and O–H groups in total. The van der Waals surface area contributed by atoms with Crippen LogP contribution in [0.5, 0.6) is 0 Å². The van der Waals surface area contributed by atoms with Crippen molar-refractivity contribution in [2.75, 3.05) is 0 Å². The maximum atomic E-state index is 13.2. The van der Waals surface area contributed by atoms with Crippen LogP contribution in [0.25, 0.3) is 11.4 Å². The summed E-state index contributed by atoms with van der Waals surface area (Å²) < 4.78 is 15.3. The summed E-state index contributed by atoms with van der Waals surface area (Å²) in [5.74, 6) is 2.23. The molecule has 2 aromatic rings. The maximum absolute atomic E-state index is 13.2. The first-order chi connectivity index (χ1) is 8.24. The Kier molecular flexibility index (Phi) is 2.42. The van der Waals surface area contributed by atoms with Gasteiger partial charge in [-0.25, -0.2) is 4.39 Å². The van der Waals surface area contributed by atoms with Crippen LogP contribution < -0.4 is 0 Å². The highest BCUT2D eigenvalue weighted by Crippen LogP contribution is 2.25. The summed E-state index contributed by atoms with van der Waals surface area (Å²) in [6.07, 6.45) is 2.09. The van der Waals surface area contributed by atoms with Crippen LogP contribution >= 0.6 is 0 Å². The number of aromatic nitrogens is 3. The van der Waals surface area contributed by atoms with Gasteiger partial charge in [-0.1, -0.05) is 19.1 Å². The van der Waals surface area contributed by atoms with Crippen LogP contribution in [-0.2, 0) is 13.0 Å². The Morgan fingerprint density at radius 2 is 2.24 bits per heavy atom. The van der Waals surface area contributed by atoms with Crippen LogP contribution in [0, 0.1) is 11.7 Å². The summed E-state index contributed by atoms with van der Waals surface area (Å²) in [6, 6.07) is 6.53. The van der Waals surface area contributed by atoms with E-state index in [1.54, 1.807) is 6.07 Å². The molecular weight excluding hydrogens is 217 g/mol. The average molecular weight is 231 g/mol. The van der Waals surface area contributed by atoms with Gasteiger partial charge in [0, 0.05) is 18.5 Å². The van der Waals surface area contributed by atoms with Gasteiger partial charge >= 0.3 is 0 Å². The molecule has 0 saturated heterocycles. The second kappa shape index (κ2) is 3.95. The van der Waals surface area contributed by atoms with Gasteiger partial charge in [0.2, 0.25) is 0 Å². The van der Waals surface area contributed by atoms with Gasteiger partial charge in [0.25, 0.3) is 0 Å². The summed E-state index contributed by atoms with van der Waals surface area (Å²) in [4.78, 5) is 0. The zero-order valence-corrected chi connectivity index (χ0v) is 9.73. The largest absolute Gasteiger partial charge is 0.311 e. The summed E-state index contributed by atoms with van der Waals surface area (Å²) >= 11 is 0. The lowest BCUT2D eigenvalue weighted by molar-refractivity contribution is 0.411. The summed E-state index contributed by atoms with van der Waals surface area (Å²) in [5.41, 5.74) is 0.804. The van der Waals surface area contributed by atoms with Crippen molar-refractivity contribution >= 4 is 0 Å². The molecule has 1 aromatic carbocycles. The van der Waals surface area contributed by atoms with E-state index in [2.05, 4.69) is 21.7 Å². The van der Waals surface area contributed by atoms with Gasteiger partial charge < -0.3 is 4.57 Å². The Bertz CT molecular complexity index is 547. The SMILES string of the molecule is CC1CCn2c(nnc2-c2cccc(F)c2)C1. The number of rotatable bonds is 1. The molecule has 1 atom stereocenters. The lowest BCUT2D eigenvalue weighted by Gasteiger charge is -2.20. The minimum absolute atomic E-state index is 0.232. The highest BCUT2D eigenvalue weighted by Gasteiger charge is 2.20. The van der Waals surface area contributed by atoms with E-state index in [1.165, 1.54) is 12.1 Å². The Labute approximate surface area is 99.3 Å². The second-order valence-corrected chi connectivity index (χ2v) is 4.70. The molecule has 1 unspecified atom stereocenters. The summed E-state index contributed by atoms with van der Waals surface area (Å²) in [7, 11) is 0. The maximum Gasteiger partial charge on any atom is 0.164 e. The predicted molar refractivity (Wildman–Crippen MR) is 62.9 cm³/mol. The molecule has 0 bridgehead atoms. The summed E-state index contributed by atoms with van der Waals surface area (Å²) in [5, 5.41) is 8.39. The average Bonchev–Trinajstić information content (AvgIpc) is 2.71. The van der Waals surface area contributed by atoms with Crippen molar-refractivity contribution in [1.29, 1.82) is 0 Å². The Balaban J connectivity index is 2.05. The monoisotopic (exact) mass is 231 g/mol. The van der Waals surface area contributed by atoms with Crippen molar-refractivity contribution < 1.29 is 4.39 Å². The highest BCUT2D eigenvalue weighted by atomic mass is 19.1. The molecule has 17 heavy (non-hydrogen) atoms.